The van der Waals surface area contributed by atoms with E-state index in [0.29, 0.717) is 12.0 Å². The highest BCUT2D eigenvalue weighted by Gasteiger charge is 2.39. The Hall–Kier alpha value is -1.31. The first kappa shape index (κ1) is 13.4. The molecule has 2 heteroatoms. The van der Waals surface area contributed by atoms with E-state index >= 15 is 0 Å². The molecule has 0 saturated carbocycles. The van der Waals surface area contributed by atoms with Gasteiger partial charge in [-0.1, -0.05) is 48.0 Å². The molecule has 1 saturated heterocycles. The Morgan fingerprint density at radius 3 is 2.90 bits per heavy atom. The van der Waals surface area contributed by atoms with Crippen molar-refractivity contribution in [2.45, 2.75) is 31.2 Å². The first-order valence-corrected chi connectivity index (χ1v) is 8.25. The Labute approximate surface area is 131 Å². The van der Waals surface area contributed by atoms with Crippen LogP contribution in [0.15, 0.2) is 48.5 Å². The molecular formula is C19H20ClN. The fraction of sp³-hybridized carbons (Fsp3) is 0.368. The van der Waals surface area contributed by atoms with Crippen molar-refractivity contribution in [2.24, 2.45) is 5.92 Å². The van der Waals surface area contributed by atoms with E-state index in [4.69, 9.17) is 11.6 Å². The standard InChI is InChI=1S/C19H20ClN/c20-15-6-3-4-13(10-15)11-19-17-9-8-14-5-1-2-7-16(14)18(17)12-21-19/h1-7,10,17-19,21H,8-9,11-12H2. The number of halogens is 1. The van der Waals surface area contributed by atoms with Crippen LogP contribution in [-0.4, -0.2) is 12.6 Å². The van der Waals surface area contributed by atoms with Gasteiger partial charge in [0, 0.05) is 23.5 Å². The lowest BCUT2D eigenvalue weighted by molar-refractivity contribution is 0.373. The average Bonchev–Trinajstić information content (AvgIpc) is 2.91. The molecule has 1 nitrogen and oxygen atoms in total. The minimum absolute atomic E-state index is 0.585. The maximum Gasteiger partial charge on any atom is 0.0408 e. The topological polar surface area (TPSA) is 12.0 Å². The minimum atomic E-state index is 0.585. The van der Waals surface area contributed by atoms with Crippen LogP contribution in [0, 0.1) is 5.92 Å². The third-order valence-electron chi connectivity index (χ3n) is 5.18. The molecule has 0 amide bonds. The third-order valence-corrected chi connectivity index (χ3v) is 5.41. The highest BCUT2D eigenvalue weighted by molar-refractivity contribution is 6.30. The van der Waals surface area contributed by atoms with Crippen LogP contribution in [-0.2, 0) is 12.8 Å². The lowest BCUT2D eigenvalue weighted by Crippen LogP contribution is -2.31. The summed E-state index contributed by atoms with van der Waals surface area (Å²) in [7, 11) is 0. The van der Waals surface area contributed by atoms with Crippen molar-refractivity contribution in [2.75, 3.05) is 6.54 Å². The summed E-state index contributed by atoms with van der Waals surface area (Å²) in [5.41, 5.74) is 4.48. The molecule has 1 fully saturated rings. The number of benzene rings is 2. The first-order chi connectivity index (χ1) is 10.3. The Morgan fingerprint density at radius 2 is 2.00 bits per heavy atom. The average molecular weight is 298 g/mol. The molecule has 2 aromatic carbocycles. The monoisotopic (exact) mass is 297 g/mol. The molecule has 1 N–H and O–H groups in total. The van der Waals surface area contributed by atoms with Crippen LogP contribution in [0.2, 0.25) is 5.02 Å². The van der Waals surface area contributed by atoms with Crippen LogP contribution in [0.4, 0.5) is 0 Å². The van der Waals surface area contributed by atoms with Crippen molar-refractivity contribution in [1.29, 1.82) is 0 Å². The van der Waals surface area contributed by atoms with E-state index in [-0.39, 0.29) is 0 Å². The normalized spacial score (nSPS) is 27.2. The molecule has 2 aromatic rings. The molecule has 108 valence electrons. The molecule has 21 heavy (non-hydrogen) atoms. The zero-order valence-corrected chi connectivity index (χ0v) is 12.8. The van der Waals surface area contributed by atoms with E-state index in [0.717, 1.165) is 23.9 Å². The maximum absolute atomic E-state index is 6.11. The number of aryl methyl sites for hydroxylation is 1. The third kappa shape index (κ3) is 2.49. The Balaban J connectivity index is 1.56. The second-order valence-electron chi connectivity index (χ2n) is 6.36. The number of nitrogens with one attached hydrogen (secondary N) is 1. The summed E-state index contributed by atoms with van der Waals surface area (Å²) >= 11 is 6.11. The van der Waals surface area contributed by atoms with Gasteiger partial charge in [0.2, 0.25) is 0 Å². The molecule has 0 aromatic heterocycles. The molecule has 3 atom stereocenters. The lowest BCUT2D eigenvalue weighted by atomic mass is 9.74. The van der Waals surface area contributed by atoms with Crippen LogP contribution in [0.5, 0.6) is 0 Å². The predicted octanol–water partition coefficient (Wildman–Crippen LogP) is 4.20. The lowest BCUT2D eigenvalue weighted by Gasteiger charge is -2.30. The van der Waals surface area contributed by atoms with E-state index in [2.05, 4.69) is 47.8 Å². The van der Waals surface area contributed by atoms with Crippen molar-refractivity contribution in [3.63, 3.8) is 0 Å². The summed E-state index contributed by atoms with van der Waals surface area (Å²) in [6, 6.07) is 17.9. The van der Waals surface area contributed by atoms with E-state index in [1.54, 1.807) is 11.1 Å². The Morgan fingerprint density at radius 1 is 1.10 bits per heavy atom. The molecule has 2 aliphatic rings. The summed E-state index contributed by atoms with van der Waals surface area (Å²) in [4.78, 5) is 0. The number of fused-ring (bicyclic) bond motifs is 3. The van der Waals surface area contributed by atoms with Crippen molar-refractivity contribution in [1.82, 2.24) is 5.32 Å². The van der Waals surface area contributed by atoms with Crippen molar-refractivity contribution in [3.05, 3.63) is 70.2 Å². The smallest absolute Gasteiger partial charge is 0.0408 e. The molecule has 1 heterocycles. The van der Waals surface area contributed by atoms with E-state index in [1.165, 1.54) is 18.4 Å². The van der Waals surface area contributed by atoms with Crippen LogP contribution in [0.1, 0.15) is 29.0 Å². The van der Waals surface area contributed by atoms with Crippen LogP contribution in [0.25, 0.3) is 0 Å². The predicted molar refractivity (Wildman–Crippen MR) is 87.9 cm³/mol. The second kappa shape index (κ2) is 5.47. The van der Waals surface area contributed by atoms with Gasteiger partial charge >= 0.3 is 0 Å². The van der Waals surface area contributed by atoms with Crippen LogP contribution < -0.4 is 5.32 Å². The highest BCUT2D eigenvalue weighted by atomic mass is 35.5. The molecule has 1 aliphatic carbocycles. The number of rotatable bonds is 2. The summed E-state index contributed by atoms with van der Waals surface area (Å²) in [6.07, 6.45) is 3.62. The summed E-state index contributed by atoms with van der Waals surface area (Å²) in [5, 5.41) is 4.61. The van der Waals surface area contributed by atoms with Crippen LogP contribution >= 0.6 is 11.6 Å². The van der Waals surface area contributed by atoms with E-state index in [1.807, 2.05) is 6.07 Å². The summed E-state index contributed by atoms with van der Waals surface area (Å²) < 4.78 is 0. The maximum atomic E-state index is 6.11. The quantitative estimate of drug-likeness (QED) is 0.876. The van der Waals surface area contributed by atoms with Crippen molar-refractivity contribution >= 4 is 11.6 Å². The van der Waals surface area contributed by atoms with Crippen molar-refractivity contribution in [3.8, 4) is 0 Å². The van der Waals surface area contributed by atoms with E-state index < -0.39 is 0 Å². The minimum Gasteiger partial charge on any atom is -0.313 e. The number of hydrogen-bond acceptors (Lipinski definition) is 1. The molecule has 0 radical (unpaired) electrons. The largest absolute Gasteiger partial charge is 0.313 e. The summed E-state index contributed by atoms with van der Waals surface area (Å²) in [6.45, 7) is 1.12. The van der Waals surface area contributed by atoms with E-state index in [9.17, 15) is 0 Å². The van der Waals surface area contributed by atoms with Gasteiger partial charge in [0.25, 0.3) is 0 Å². The van der Waals surface area contributed by atoms with Gasteiger partial charge in [0.15, 0.2) is 0 Å². The first-order valence-electron chi connectivity index (χ1n) is 7.87. The van der Waals surface area contributed by atoms with Gasteiger partial charge in [-0.2, -0.15) is 0 Å². The fourth-order valence-corrected chi connectivity index (χ4v) is 4.40. The summed E-state index contributed by atoms with van der Waals surface area (Å²) in [5.74, 6) is 1.46. The Bertz CT molecular complexity index is 652. The van der Waals surface area contributed by atoms with Crippen molar-refractivity contribution < 1.29 is 0 Å². The second-order valence-corrected chi connectivity index (χ2v) is 6.79. The SMILES string of the molecule is Clc1cccc(CC2NCC3c4ccccc4CCC23)c1. The van der Waals surface area contributed by atoms with Crippen LogP contribution in [0.3, 0.4) is 0 Å². The van der Waals surface area contributed by atoms with Gasteiger partial charge in [-0.3, -0.25) is 0 Å². The zero-order valence-electron chi connectivity index (χ0n) is 12.1. The van der Waals surface area contributed by atoms with Gasteiger partial charge < -0.3 is 5.32 Å². The van der Waals surface area contributed by atoms with Gasteiger partial charge in [-0.05, 0) is 54.0 Å². The van der Waals surface area contributed by atoms with Gasteiger partial charge in [0.1, 0.15) is 0 Å². The number of hydrogen-bond donors (Lipinski definition) is 1. The molecule has 3 unspecified atom stereocenters. The molecule has 0 bridgehead atoms. The zero-order chi connectivity index (χ0) is 14.2. The van der Waals surface area contributed by atoms with Gasteiger partial charge in [-0.15, -0.1) is 0 Å². The molecular weight excluding hydrogens is 278 g/mol. The Kier molecular flexibility index (Phi) is 3.48. The van der Waals surface area contributed by atoms with Gasteiger partial charge in [-0.25, -0.2) is 0 Å². The molecule has 4 rings (SSSR count). The molecule has 0 spiro atoms. The van der Waals surface area contributed by atoms with Gasteiger partial charge in [0.05, 0.1) is 0 Å². The molecule has 1 aliphatic heterocycles. The fourth-order valence-electron chi connectivity index (χ4n) is 4.19. The highest BCUT2D eigenvalue weighted by Crippen LogP contribution is 2.41.